The Morgan fingerprint density at radius 3 is 2.30 bits per heavy atom. The Kier molecular flexibility index (Phi) is 16.3. The standard InChI is InChI=1S/C18H39N7O2/c1-15(19)9-13-22-10-6-7-11-23-17(27)14-25-16(26)8-4-2-3-5-12-24-18(20)21/h15,22H,2-14,19H2,1H3,(H,23,27)(H,25,26)(H4,20,21,24)/t15-/m0/s1. The fourth-order valence-electron chi connectivity index (χ4n) is 2.35. The van der Waals surface area contributed by atoms with Gasteiger partial charge in [-0.05, 0) is 52.1 Å². The monoisotopic (exact) mass is 385 g/mol. The van der Waals surface area contributed by atoms with Gasteiger partial charge in [-0.25, -0.2) is 0 Å². The number of hydrogen-bond acceptors (Lipinski definition) is 5. The van der Waals surface area contributed by atoms with Gasteiger partial charge in [0.25, 0.3) is 0 Å². The fraction of sp³-hybridized carbons (Fsp3) is 0.833. The predicted molar refractivity (Wildman–Crippen MR) is 110 cm³/mol. The van der Waals surface area contributed by atoms with Crippen LogP contribution in [0, 0.1) is 0 Å². The molecular formula is C18H39N7O2. The summed E-state index contributed by atoms with van der Waals surface area (Å²) in [5, 5.41) is 8.78. The summed E-state index contributed by atoms with van der Waals surface area (Å²) < 4.78 is 0. The molecule has 1 atom stereocenters. The molecule has 0 fully saturated rings. The van der Waals surface area contributed by atoms with E-state index in [0.717, 1.165) is 58.0 Å². The number of nitrogens with one attached hydrogen (secondary N) is 3. The summed E-state index contributed by atoms with van der Waals surface area (Å²) in [4.78, 5) is 27.3. The number of nitrogens with two attached hydrogens (primary N) is 3. The van der Waals surface area contributed by atoms with Gasteiger partial charge in [-0.15, -0.1) is 0 Å². The van der Waals surface area contributed by atoms with E-state index >= 15 is 0 Å². The minimum atomic E-state index is -0.148. The van der Waals surface area contributed by atoms with E-state index in [9.17, 15) is 9.59 Å². The molecule has 0 aromatic heterocycles. The molecule has 158 valence electrons. The van der Waals surface area contributed by atoms with Gasteiger partial charge in [-0.1, -0.05) is 12.8 Å². The maximum absolute atomic E-state index is 11.7. The topological polar surface area (TPSA) is 161 Å². The maximum atomic E-state index is 11.7. The third kappa shape index (κ3) is 20.3. The van der Waals surface area contributed by atoms with Gasteiger partial charge in [0.2, 0.25) is 11.8 Å². The van der Waals surface area contributed by atoms with Crippen LogP contribution in [0.3, 0.4) is 0 Å². The highest BCUT2D eigenvalue weighted by Gasteiger charge is 2.05. The van der Waals surface area contributed by atoms with Crippen LogP contribution in [-0.2, 0) is 9.59 Å². The Bertz CT molecular complexity index is 424. The molecular weight excluding hydrogens is 346 g/mol. The molecule has 0 spiro atoms. The van der Waals surface area contributed by atoms with E-state index in [-0.39, 0.29) is 30.4 Å². The minimum absolute atomic E-state index is 0.0377. The second-order valence-electron chi connectivity index (χ2n) is 6.82. The summed E-state index contributed by atoms with van der Waals surface area (Å²) in [6, 6.07) is 0.225. The Morgan fingerprint density at radius 1 is 0.889 bits per heavy atom. The van der Waals surface area contributed by atoms with Crippen molar-refractivity contribution in [2.24, 2.45) is 22.2 Å². The van der Waals surface area contributed by atoms with E-state index in [0.29, 0.717) is 19.5 Å². The molecule has 0 aromatic rings. The number of unbranched alkanes of at least 4 members (excludes halogenated alkanes) is 4. The highest BCUT2D eigenvalue weighted by atomic mass is 16.2. The lowest BCUT2D eigenvalue weighted by molar-refractivity contribution is -0.126. The molecule has 9 heteroatoms. The molecule has 9 nitrogen and oxygen atoms in total. The minimum Gasteiger partial charge on any atom is -0.370 e. The molecule has 2 amide bonds. The van der Waals surface area contributed by atoms with Crippen LogP contribution in [0.1, 0.15) is 58.3 Å². The molecule has 0 unspecified atom stereocenters. The van der Waals surface area contributed by atoms with Crippen molar-refractivity contribution in [3.63, 3.8) is 0 Å². The Morgan fingerprint density at radius 2 is 1.59 bits per heavy atom. The summed E-state index contributed by atoms with van der Waals surface area (Å²) in [5.74, 6) is -0.125. The van der Waals surface area contributed by atoms with Crippen molar-refractivity contribution >= 4 is 17.8 Å². The molecule has 0 saturated carbocycles. The van der Waals surface area contributed by atoms with E-state index in [1.165, 1.54) is 0 Å². The number of hydrogen-bond donors (Lipinski definition) is 6. The van der Waals surface area contributed by atoms with Crippen LogP contribution in [-0.4, -0.2) is 56.5 Å². The SMILES string of the molecule is C[C@H](N)CCNCCCCNC(=O)CNC(=O)CCCCCCN=C(N)N. The molecule has 27 heavy (non-hydrogen) atoms. The number of rotatable bonds is 17. The Labute approximate surface area is 163 Å². The molecule has 0 aliphatic heterocycles. The third-order valence-corrected chi connectivity index (χ3v) is 3.93. The lowest BCUT2D eigenvalue weighted by atomic mass is 10.1. The van der Waals surface area contributed by atoms with Gasteiger partial charge in [0.05, 0.1) is 6.54 Å². The third-order valence-electron chi connectivity index (χ3n) is 3.93. The highest BCUT2D eigenvalue weighted by Crippen LogP contribution is 2.03. The average Bonchev–Trinajstić information content (AvgIpc) is 2.60. The summed E-state index contributed by atoms with van der Waals surface area (Å²) in [7, 11) is 0. The van der Waals surface area contributed by atoms with Crippen molar-refractivity contribution in [2.75, 3.05) is 32.7 Å². The Balaban J connectivity index is 3.40. The van der Waals surface area contributed by atoms with Gasteiger partial charge < -0.3 is 33.2 Å². The van der Waals surface area contributed by atoms with Crippen LogP contribution < -0.4 is 33.2 Å². The normalized spacial score (nSPS) is 11.6. The predicted octanol–water partition coefficient (Wildman–Crippen LogP) is -0.450. The van der Waals surface area contributed by atoms with Gasteiger partial charge >= 0.3 is 0 Å². The molecule has 0 aromatic carbocycles. The van der Waals surface area contributed by atoms with Crippen molar-refractivity contribution in [1.29, 1.82) is 0 Å². The van der Waals surface area contributed by atoms with E-state index in [1.54, 1.807) is 0 Å². The van der Waals surface area contributed by atoms with Gasteiger partial charge in [-0.2, -0.15) is 0 Å². The van der Waals surface area contributed by atoms with E-state index < -0.39 is 0 Å². The number of nitrogens with zero attached hydrogens (tertiary/aromatic N) is 1. The molecule has 0 radical (unpaired) electrons. The summed E-state index contributed by atoms with van der Waals surface area (Å²) >= 11 is 0. The van der Waals surface area contributed by atoms with Crippen molar-refractivity contribution in [1.82, 2.24) is 16.0 Å². The van der Waals surface area contributed by atoms with Crippen molar-refractivity contribution in [3.8, 4) is 0 Å². The lowest BCUT2D eigenvalue weighted by Gasteiger charge is -2.08. The maximum Gasteiger partial charge on any atom is 0.239 e. The van der Waals surface area contributed by atoms with Gasteiger partial charge in [0.15, 0.2) is 5.96 Å². The highest BCUT2D eigenvalue weighted by molar-refractivity contribution is 5.84. The van der Waals surface area contributed by atoms with Crippen LogP contribution in [0.4, 0.5) is 0 Å². The first kappa shape index (κ1) is 25.1. The number of amides is 2. The van der Waals surface area contributed by atoms with E-state index in [1.807, 2.05) is 6.92 Å². The number of guanidine groups is 1. The summed E-state index contributed by atoms with van der Waals surface area (Å²) in [6.45, 7) is 5.12. The van der Waals surface area contributed by atoms with Crippen LogP contribution in [0.5, 0.6) is 0 Å². The summed E-state index contributed by atoms with van der Waals surface area (Å²) in [5.41, 5.74) is 16.1. The number of carbonyl (C=O) groups excluding carboxylic acids is 2. The zero-order valence-corrected chi connectivity index (χ0v) is 16.8. The molecule has 0 aliphatic carbocycles. The molecule has 9 N–H and O–H groups in total. The van der Waals surface area contributed by atoms with Crippen LogP contribution >= 0.6 is 0 Å². The van der Waals surface area contributed by atoms with Crippen molar-refractivity contribution < 1.29 is 9.59 Å². The average molecular weight is 386 g/mol. The van der Waals surface area contributed by atoms with E-state index in [4.69, 9.17) is 17.2 Å². The lowest BCUT2D eigenvalue weighted by Crippen LogP contribution is -2.37. The first-order chi connectivity index (χ1) is 12.9. The number of carbonyl (C=O) groups is 2. The zero-order valence-electron chi connectivity index (χ0n) is 16.8. The largest absolute Gasteiger partial charge is 0.370 e. The second-order valence-corrected chi connectivity index (χ2v) is 6.82. The van der Waals surface area contributed by atoms with Crippen molar-refractivity contribution in [2.45, 2.75) is 64.3 Å². The molecule has 0 aliphatic rings. The van der Waals surface area contributed by atoms with Gasteiger partial charge in [-0.3, -0.25) is 14.6 Å². The second kappa shape index (κ2) is 17.5. The molecule has 0 heterocycles. The van der Waals surface area contributed by atoms with E-state index in [2.05, 4.69) is 20.9 Å². The quantitative estimate of drug-likeness (QED) is 0.113. The zero-order chi connectivity index (χ0) is 20.3. The first-order valence-corrected chi connectivity index (χ1v) is 9.97. The smallest absolute Gasteiger partial charge is 0.239 e. The van der Waals surface area contributed by atoms with Crippen molar-refractivity contribution in [3.05, 3.63) is 0 Å². The fourth-order valence-corrected chi connectivity index (χ4v) is 2.35. The molecule has 0 saturated heterocycles. The first-order valence-electron chi connectivity index (χ1n) is 9.97. The van der Waals surface area contributed by atoms with Gasteiger partial charge in [0.1, 0.15) is 0 Å². The van der Waals surface area contributed by atoms with Crippen LogP contribution in [0.25, 0.3) is 0 Å². The Hall–Kier alpha value is -1.87. The van der Waals surface area contributed by atoms with Gasteiger partial charge in [0, 0.05) is 25.6 Å². The number of aliphatic imine (C=N–C) groups is 1. The van der Waals surface area contributed by atoms with Crippen LogP contribution in [0.15, 0.2) is 4.99 Å². The molecule has 0 rings (SSSR count). The summed E-state index contributed by atoms with van der Waals surface area (Å²) in [6.07, 6.45) is 6.92. The van der Waals surface area contributed by atoms with Crippen LogP contribution in [0.2, 0.25) is 0 Å². The molecule has 0 bridgehead atoms.